The maximum atomic E-state index is 11.5. The molecule has 1 aliphatic carbocycles. The number of benzene rings is 1. The van der Waals surface area contributed by atoms with Crippen molar-refractivity contribution >= 4 is 22.5 Å². The van der Waals surface area contributed by atoms with Crippen LogP contribution < -0.4 is 10.2 Å². The van der Waals surface area contributed by atoms with Gasteiger partial charge in [-0.2, -0.15) is 0 Å². The quantitative estimate of drug-likeness (QED) is 0.934. The highest BCUT2D eigenvalue weighted by atomic mass is 16.5. The number of carbonyl (C=O) groups excluding carboxylic acids is 1. The first kappa shape index (κ1) is 16.3. The average molecular weight is 339 g/mol. The minimum atomic E-state index is 0.0241. The highest BCUT2D eigenvalue weighted by molar-refractivity contribution is 5.92. The molecule has 2 aliphatic rings. The Bertz CT molecular complexity index is 773. The predicted octanol–water partition coefficient (Wildman–Crippen LogP) is 2.60. The van der Waals surface area contributed by atoms with E-state index < -0.39 is 0 Å². The number of hydrogen-bond donors (Lipinski definition) is 1. The van der Waals surface area contributed by atoms with Crippen LogP contribution in [0.5, 0.6) is 0 Å². The van der Waals surface area contributed by atoms with Gasteiger partial charge in [0.05, 0.1) is 12.1 Å². The predicted molar refractivity (Wildman–Crippen MR) is 98.6 cm³/mol. The first-order chi connectivity index (χ1) is 12.2. The van der Waals surface area contributed by atoms with Crippen molar-refractivity contribution in [2.24, 2.45) is 11.8 Å². The van der Waals surface area contributed by atoms with Gasteiger partial charge in [0, 0.05) is 38.7 Å². The third-order valence-electron chi connectivity index (χ3n) is 5.76. The number of carbonyl (C=O) groups is 1. The maximum absolute atomic E-state index is 11.5. The van der Waals surface area contributed by atoms with Crippen LogP contribution in [-0.4, -0.2) is 43.2 Å². The molecule has 2 aromatic rings. The molecule has 5 heteroatoms. The second kappa shape index (κ2) is 6.64. The molecule has 1 aromatic heterocycles. The molecule has 1 aliphatic heterocycles. The van der Waals surface area contributed by atoms with Crippen LogP contribution in [0.2, 0.25) is 0 Å². The van der Waals surface area contributed by atoms with E-state index in [2.05, 4.69) is 45.5 Å². The zero-order valence-electron chi connectivity index (χ0n) is 14.8. The summed E-state index contributed by atoms with van der Waals surface area (Å²) in [5, 5.41) is 5.52. The fourth-order valence-corrected chi connectivity index (χ4v) is 4.62. The van der Waals surface area contributed by atoms with Crippen molar-refractivity contribution in [3.05, 3.63) is 36.5 Å². The standard InChI is InChI=1S/C20H25N3O2/c1-13(24)22-18-9-15-11-23(12-16(15)10-19(18)25-2)20-17-6-4-3-5-14(17)7-8-21-20/h3-8,15-16,18-19H,9-12H2,1-2H3,(H,22,24)/t15-,16+,18-,19-/m1/s1. The first-order valence-electron chi connectivity index (χ1n) is 9.04. The van der Waals surface area contributed by atoms with Gasteiger partial charge in [-0.25, -0.2) is 4.98 Å². The van der Waals surface area contributed by atoms with E-state index >= 15 is 0 Å². The Balaban J connectivity index is 1.57. The summed E-state index contributed by atoms with van der Waals surface area (Å²) >= 11 is 0. The van der Waals surface area contributed by atoms with Gasteiger partial charge < -0.3 is 15.0 Å². The molecule has 1 saturated heterocycles. The van der Waals surface area contributed by atoms with Crippen molar-refractivity contribution in [2.45, 2.75) is 31.9 Å². The van der Waals surface area contributed by atoms with Crippen LogP contribution >= 0.6 is 0 Å². The van der Waals surface area contributed by atoms with Crippen molar-refractivity contribution in [1.82, 2.24) is 10.3 Å². The Labute approximate surface area is 148 Å². The Morgan fingerprint density at radius 1 is 1.20 bits per heavy atom. The summed E-state index contributed by atoms with van der Waals surface area (Å²) in [7, 11) is 1.75. The largest absolute Gasteiger partial charge is 0.379 e. The number of methoxy groups -OCH3 is 1. The van der Waals surface area contributed by atoms with Crippen molar-refractivity contribution in [2.75, 3.05) is 25.1 Å². The van der Waals surface area contributed by atoms with Crippen molar-refractivity contribution in [1.29, 1.82) is 0 Å². The molecule has 0 spiro atoms. The molecule has 4 rings (SSSR count). The van der Waals surface area contributed by atoms with Crippen LogP contribution in [0.25, 0.3) is 10.8 Å². The number of anilines is 1. The number of aromatic nitrogens is 1. The van der Waals surface area contributed by atoms with E-state index in [1.807, 2.05) is 6.20 Å². The minimum absolute atomic E-state index is 0.0241. The molecular formula is C20H25N3O2. The third kappa shape index (κ3) is 3.09. The van der Waals surface area contributed by atoms with Gasteiger partial charge in [0.15, 0.2) is 0 Å². The highest BCUT2D eigenvalue weighted by Crippen LogP contribution is 2.40. The normalized spacial score (nSPS) is 28.8. The zero-order chi connectivity index (χ0) is 17.4. The van der Waals surface area contributed by atoms with Gasteiger partial charge in [-0.3, -0.25) is 4.79 Å². The van der Waals surface area contributed by atoms with Gasteiger partial charge in [-0.05, 0) is 36.1 Å². The summed E-state index contributed by atoms with van der Waals surface area (Å²) in [6.45, 7) is 3.59. The van der Waals surface area contributed by atoms with E-state index in [9.17, 15) is 4.79 Å². The van der Waals surface area contributed by atoms with Gasteiger partial charge >= 0.3 is 0 Å². The summed E-state index contributed by atoms with van der Waals surface area (Å²) in [6.07, 6.45) is 3.97. The number of amides is 1. The molecule has 1 N–H and O–H groups in total. The molecule has 132 valence electrons. The summed E-state index contributed by atoms with van der Waals surface area (Å²) < 4.78 is 5.68. The number of pyridine rings is 1. The Morgan fingerprint density at radius 3 is 2.72 bits per heavy atom. The molecule has 0 bridgehead atoms. The molecule has 1 amide bonds. The van der Waals surface area contributed by atoms with Crippen molar-refractivity contribution in [3.63, 3.8) is 0 Å². The van der Waals surface area contributed by atoms with E-state index in [0.29, 0.717) is 11.8 Å². The topological polar surface area (TPSA) is 54.5 Å². The lowest BCUT2D eigenvalue weighted by molar-refractivity contribution is -0.121. The fraction of sp³-hybridized carbons (Fsp3) is 0.500. The molecule has 0 unspecified atom stereocenters. The summed E-state index contributed by atoms with van der Waals surface area (Å²) in [6, 6.07) is 10.6. The van der Waals surface area contributed by atoms with Crippen LogP contribution in [0.1, 0.15) is 19.8 Å². The number of ether oxygens (including phenoxy) is 1. The van der Waals surface area contributed by atoms with E-state index in [4.69, 9.17) is 4.74 Å². The second-order valence-electron chi connectivity index (χ2n) is 7.33. The number of fused-ring (bicyclic) bond motifs is 2. The van der Waals surface area contributed by atoms with Crippen LogP contribution in [0.15, 0.2) is 36.5 Å². The maximum Gasteiger partial charge on any atom is 0.217 e. The van der Waals surface area contributed by atoms with Crippen molar-refractivity contribution < 1.29 is 9.53 Å². The fourth-order valence-electron chi connectivity index (χ4n) is 4.62. The van der Waals surface area contributed by atoms with Gasteiger partial charge in [0.25, 0.3) is 0 Å². The molecule has 25 heavy (non-hydrogen) atoms. The summed E-state index contributed by atoms with van der Waals surface area (Å²) in [5.41, 5.74) is 0. The summed E-state index contributed by atoms with van der Waals surface area (Å²) in [5.74, 6) is 2.27. The highest BCUT2D eigenvalue weighted by Gasteiger charge is 2.43. The van der Waals surface area contributed by atoms with E-state index in [0.717, 1.165) is 31.7 Å². The lowest BCUT2D eigenvalue weighted by atomic mass is 9.77. The third-order valence-corrected chi connectivity index (χ3v) is 5.76. The Hall–Kier alpha value is -2.14. The average Bonchev–Trinajstić information content (AvgIpc) is 3.02. The van der Waals surface area contributed by atoms with Crippen LogP contribution in [-0.2, 0) is 9.53 Å². The zero-order valence-corrected chi connectivity index (χ0v) is 14.8. The molecule has 1 aromatic carbocycles. The van der Waals surface area contributed by atoms with Gasteiger partial charge in [-0.1, -0.05) is 24.3 Å². The smallest absolute Gasteiger partial charge is 0.217 e. The van der Waals surface area contributed by atoms with E-state index in [1.54, 1.807) is 14.0 Å². The number of nitrogens with one attached hydrogen (secondary N) is 1. The van der Waals surface area contributed by atoms with Gasteiger partial charge in [0.2, 0.25) is 5.91 Å². The molecule has 2 fully saturated rings. The summed E-state index contributed by atoms with van der Waals surface area (Å²) in [4.78, 5) is 18.6. The molecular weight excluding hydrogens is 314 g/mol. The molecule has 2 heterocycles. The van der Waals surface area contributed by atoms with Gasteiger partial charge in [-0.15, -0.1) is 0 Å². The monoisotopic (exact) mass is 339 g/mol. The molecule has 4 atom stereocenters. The first-order valence-corrected chi connectivity index (χ1v) is 9.04. The van der Waals surface area contributed by atoms with Crippen molar-refractivity contribution in [3.8, 4) is 0 Å². The molecule has 5 nitrogen and oxygen atoms in total. The van der Waals surface area contributed by atoms with Crippen LogP contribution in [0, 0.1) is 11.8 Å². The second-order valence-corrected chi connectivity index (χ2v) is 7.33. The lowest BCUT2D eigenvalue weighted by Gasteiger charge is -2.37. The number of nitrogens with zero attached hydrogens (tertiary/aromatic N) is 2. The van der Waals surface area contributed by atoms with E-state index in [-0.39, 0.29) is 18.1 Å². The van der Waals surface area contributed by atoms with Gasteiger partial charge in [0.1, 0.15) is 5.82 Å². The SMILES string of the molecule is CO[C@@H]1C[C@H]2CN(c3nccc4ccccc34)C[C@H]2C[C@H]1NC(C)=O. The van der Waals surface area contributed by atoms with Crippen LogP contribution in [0.3, 0.4) is 0 Å². The molecule has 0 radical (unpaired) electrons. The van der Waals surface area contributed by atoms with E-state index in [1.165, 1.54) is 10.8 Å². The number of rotatable bonds is 3. The lowest BCUT2D eigenvalue weighted by Crippen LogP contribution is -2.49. The molecule has 1 saturated carbocycles. The minimum Gasteiger partial charge on any atom is -0.379 e. The Kier molecular flexibility index (Phi) is 4.34. The Morgan fingerprint density at radius 2 is 1.96 bits per heavy atom. The van der Waals surface area contributed by atoms with Crippen LogP contribution in [0.4, 0.5) is 5.82 Å². The number of hydrogen-bond acceptors (Lipinski definition) is 4.